The zero-order valence-electron chi connectivity index (χ0n) is 35.8. The summed E-state index contributed by atoms with van der Waals surface area (Å²) in [5, 5.41) is 8.72. The number of furan rings is 1. The molecule has 4 aromatic heterocycles. The van der Waals surface area contributed by atoms with Crippen molar-refractivity contribution in [3.8, 4) is 33.6 Å². The second-order valence-corrected chi connectivity index (χ2v) is 16.0. The molecule has 0 amide bonds. The van der Waals surface area contributed by atoms with E-state index in [4.69, 9.17) is 11.3 Å². The van der Waals surface area contributed by atoms with Gasteiger partial charge in [0.2, 0.25) is 0 Å². The highest BCUT2D eigenvalue weighted by Crippen LogP contribution is 2.42. The van der Waals surface area contributed by atoms with Gasteiger partial charge in [-0.1, -0.05) is 109 Å². The van der Waals surface area contributed by atoms with Crippen LogP contribution in [0.4, 0.5) is 0 Å². The number of rotatable bonds is 4. The molecule has 0 saturated heterocycles. The molecule has 13 aromatic rings. The summed E-state index contributed by atoms with van der Waals surface area (Å²) in [5.74, 6) is 0. The molecule has 4 heteroatoms. The maximum Gasteiger partial charge on any atom is 0.136 e. The van der Waals surface area contributed by atoms with E-state index >= 15 is 0 Å². The van der Waals surface area contributed by atoms with E-state index in [-0.39, 0.29) is 29.7 Å². The predicted octanol–water partition coefficient (Wildman–Crippen LogP) is 15.5. The largest absolute Gasteiger partial charge is 0.456 e. The minimum Gasteiger partial charge on any atom is -0.456 e. The number of thiophene rings is 1. The van der Waals surface area contributed by atoms with Crippen LogP contribution in [0.15, 0.2) is 198 Å². The van der Waals surface area contributed by atoms with Crippen LogP contribution in [0.2, 0.25) is 0 Å². The standard InChI is InChI=1S/C54H32N2OS/c1-2-11-33(12-3-1)38-16-10-19-51-54(38)45-32-36(23-27-50(45)57-51)55-46-17-7-4-13-39(46)42-29-34(21-25-48(42)55)35-22-26-49-43(30-35)40-14-5-8-18-47(40)56(49)37-24-28-53-44(31-37)41-15-6-9-20-52(41)58-53/h1-32H/i1D,2D,3D,11D,12D. The third-order valence-corrected chi connectivity index (χ3v) is 13.0. The summed E-state index contributed by atoms with van der Waals surface area (Å²) in [5.41, 5.74) is 10.7. The first-order valence-corrected chi connectivity index (χ1v) is 20.2. The molecule has 58 heavy (non-hydrogen) atoms. The minimum atomic E-state index is -0.417. The fourth-order valence-electron chi connectivity index (χ4n) is 9.26. The molecule has 0 fully saturated rings. The van der Waals surface area contributed by atoms with Gasteiger partial charge < -0.3 is 13.6 Å². The van der Waals surface area contributed by atoms with Gasteiger partial charge in [0.25, 0.3) is 0 Å². The number of benzene rings is 9. The normalized spacial score (nSPS) is 13.3. The van der Waals surface area contributed by atoms with Gasteiger partial charge in [0.05, 0.1) is 28.9 Å². The van der Waals surface area contributed by atoms with Gasteiger partial charge in [0.1, 0.15) is 11.2 Å². The Morgan fingerprint density at radius 2 is 0.983 bits per heavy atom. The van der Waals surface area contributed by atoms with Crippen molar-refractivity contribution in [2.75, 3.05) is 0 Å². The second-order valence-electron chi connectivity index (χ2n) is 14.9. The highest BCUT2D eigenvalue weighted by molar-refractivity contribution is 7.25. The number of hydrogen-bond acceptors (Lipinski definition) is 2. The lowest BCUT2D eigenvalue weighted by molar-refractivity contribution is 0.669. The smallest absolute Gasteiger partial charge is 0.136 e. The summed E-state index contributed by atoms with van der Waals surface area (Å²) in [6.07, 6.45) is 0. The van der Waals surface area contributed by atoms with Crippen molar-refractivity contribution < 1.29 is 11.3 Å². The van der Waals surface area contributed by atoms with Gasteiger partial charge >= 0.3 is 0 Å². The number of aromatic nitrogens is 2. The Bertz CT molecular complexity index is 4090. The molecule has 0 N–H and O–H groups in total. The van der Waals surface area contributed by atoms with Crippen LogP contribution in [0.1, 0.15) is 6.85 Å². The summed E-state index contributed by atoms with van der Waals surface area (Å²) in [6.45, 7) is 0. The topological polar surface area (TPSA) is 23.0 Å². The van der Waals surface area contributed by atoms with Crippen molar-refractivity contribution in [3.05, 3.63) is 194 Å². The van der Waals surface area contributed by atoms with Gasteiger partial charge in [0.15, 0.2) is 0 Å². The molecular weight excluding hydrogens is 725 g/mol. The number of nitrogens with zero attached hydrogens (tertiary/aromatic N) is 2. The Kier molecular flexibility index (Phi) is 5.66. The molecule has 3 nitrogen and oxygen atoms in total. The Labute approximate surface area is 343 Å². The number of para-hydroxylation sites is 2. The van der Waals surface area contributed by atoms with E-state index in [1.165, 1.54) is 36.5 Å². The summed E-state index contributed by atoms with van der Waals surface area (Å²) in [7, 11) is 0. The van der Waals surface area contributed by atoms with Crippen molar-refractivity contribution in [3.63, 3.8) is 0 Å². The van der Waals surface area contributed by atoms with Crippen LogP contribution < -0.4 is 0 Å². The van der Waals surface area contributed by atoms with Gasteiger partial charge in [-0.3, -0.25) is 0 Å². The molecule has 0 aliphatic heterocycles. The Hall–Kier alpha value is -7.40. The van der Waals surface area contributed by atoms with Gasteiger partial charge in [-0.15, -0.1) is 11.3 Å². The number of fused-ring (bicyclic) bond motifs is 12. The van der Waals surface area contributed by atoms with E-state index in [1.807, 2.05) is 23.5 Å². The molecule has 0 radical (unpaired) electrons. The van der Waals surface area contributed by atoms with Crippen molar-refractivity contribution in [1.29, 1.82) is 0 Å². The molecule has 0 aliphatic rings. The zero-order valence-corrected chi connectivity index (χ0v) is 31.6. The highest BCUT2D eigenvalue weighted by atomic mass is 32.1. The average Bonchev–Trinajstić information content (AvgIpc) is 4.07. The van der Waals surface area contributed by atoms with Crippen molar-refractivity contribution >= 4 is 97.1 Å². The third kappa shape index (κ3) is 4.55. The summed E-state index contributed by atoms with van der Waals surface area (Å²) < 4.78 is 56.1. The van der Waals surface area contributed by atoms with E-state index in [2.05, 4.69) is 149 Å². The fraction of sp³-hybridized carbons (Fsp3) is 0. The lowest BCUT2D eigenvalue weighted by Gasteiger charge is -2.10. The minimum absolute atomic E-state index is 0.153. The lowest BCUT2D eigenvalue weighted by Crippen LogP contribution is -1.94. The molecule has 270 valence electrons. The van der Waals surface area contributed by atoms with E-state index in [9.17, 15) is 0 Å². The quantitative estimate of drug-likeness (QED) is 0.175. The molecule has 0 saturated carbocycles. The van der Waals surface area contributed by atoms with Crippen LogP contribution in [-0.4, -0.2) is 9.13 Å². The van der Waals surface area contributed by atoms with Gasteiger partial charge in [-0.25, -0.2) is 0 Å². The van der Waals surface area contributed by atoms with E-state index in [0.717, 1.165) is 55.2 Å². The maximum absolute atomic E-state index is 8.77. The Balaban J connectivity index is 0.968. The van der Waals surface area contributed by atoms with Gasteiger partial charge in [-0.2, -0.15) is 0 Å². The van der Waals surface area contributed by atoms with Crippen LogP contribution in [0, 0.1) is 0 Å². The molecule has 0 unspecified atom stereocenters. The Morgan fingerprint density at radius 3 is 1.69 bits per heavy atom. The summed E-state index contributed by atoms with van der Waals surface area (Å²) in [6, 6.07) is 56.1. The Morgan fingerprint density at radius 1 is 0.397 bits per heavy atom. The molecule has 9 aromatic carbocycles. The highest BCUT2D eigenvalue weighted by Gasteiger charge is 2.19. The average molecular weight is 762 g/mol. The summed E-state index contributed by atoms with van der Waals surface area (Å²) in [4.78, 5) is 0. The van der Waals surface area contributed by atoms with Crippen molar-refractivity contribution in [2.24, 2.45) is 0 Å². The van der Waals surface area contributed by atoms with Crippen LogP contribution in [0.3, 0.4) is 0 Å². The van der Waals surface area contributed by atoms with Crippen LogP contribution in [0.5, 0.6) is 0 Å². The molecular formula is C54H32N2OS. The lowest BCUT2D eigenvalue weighted by atomic mass is 9.99. The van der Waals surface area contributed by atoms with Crippen LogP contribution in [-0.2, 0) is 0 Å². The first kappa shape index (κ1) is 27.2. The molecule has 0 spiro atoms. The van der Waals surface area contributed by atoms with Gasteiger partial charge in [0, 0.05) is 63.9 Å². The SMILES string of the molecule is [2H]c1c([2H])c([2H])c(-c2cccc3oc4ccc(-n5c6ccccc6c6cc(-c7ccc8c(c7)c7ccccc7n8-c7ccc8sc9ccccc9c8c7)ccc65)cc4c23)c([2H])c1[2H]. The first-order chi connectivity index (χ1) is 30.8. The van der Waals surface area contributed by atoms with E-state index in [0.29, 0.717) is 22.1 Å². The van der Waals surface area contributed by atoms with Crippen LogP contribution >= 0.6 is 11.3 Å². The molecule has 4 heterocycles. The summed E-state index contributed by atoms with van der Waals surface area (Å²) >= 11 is 1.84. The van der Waals surface area contributed by atoms with Gasteiger partial charge in [-0.05, 0) is 107 Å². The van der Waals surface area contributed by atoms with Crippen molar-refractivity contribution in [2.45, 2.75) is 0 Å². The van der Waals surface area contributed by atoms with E-state index < -0.39 is 6.04 Å². The second kappa shape index (κ2) is 12.1. The molecule has 0 bridgehead atoms. The monoisotopic (exact) mass is 761 g/mol. The predicted molar refractivity (Wildman–Crippen MR) is 246 cm³/mol. The zero-order chi connectivity index (χ0) is 42.2. The maximum atomic E-state index is 8.77. The number of hydrogen-bond donors (Lipinski definition) is 0. The van der Waals surface area contributed by atoms with E-state index in [1.54, 1.807) is 12.1 Å². The first-order valence-electron chi connectivity index (χ1n) is 21.8. The molecule has 0 aliphatic carbocycles. The third-order valence-electron chi connectivity index (χ3n) is 11.8. The fourth-order valence-corrected chi connectivity index (χ4v) is 10.3. The molecule has 13 rings (SSSR count). The van der Waals surface area contributed by atoms with Crippen molar-refractivity contribution in [1.82, 2.24) is 9.13 Å². The molecule has 0 atom stereocenters. The van der Waals surface area contributed by atoms with Crippen LogP contribution in [0.25, 0.3) is 119 Å².